The second-order valence-electron chi connectivity index (χ2n) is 11.2. The van der Waals surface area contributed by atoms with Crippen LogP contribution >= 0.6 is 0 Å². The molecule has 1 fully saturated rings. The summed E-state index contributed by atoms with van der Waals surface area (Å²) in [7, 11) is 2.05. The van der Waals surface area contributed by atoms with Gasteiger partial charge in [0.2, 0.25) is 12.7 Å². The monoisotopic (exact) mass is 571 g/mol. The molecule has 0 bridgehead atoms. The molecule has 0 spiro atoms. The van der Waals surface area contributed by atoms with Crippen LogP contribution in [0.25, 0.3) is 0 Å². The molecule has 2 aliphatic rings. The second kappa shape index (κ2) is 12.9. The minimum absolute atomic E-state index is 0.0776. The number of likely N-dealkylation sites (tertiary alicyclic amines) is 1. The maximum Gasteiger partial charge on any atom is 0.309 e. The third-order valence-corrected chi connectivity index (χ3v) is 8.55. The molecule has 0 aromatic heterocycles. The smallest absolute Gasteiger partial charge is 0.309 e. The summed E-state index contributed by atoms with van der Waals surface area (Å²) in [4.78, 5) is 30.8. The van der Waals surface area contributed by atoms with Crippen LogP contribution in [-0.4, -0.2) is 55.4 Å². The van der Waals surface area contributed by atoms with Gasteiger partial charge in [0.25, 0.3) is 0 Å². The molecule has 5 rings (SSSR count). The Labute approximate surface area is 248 Å². The van der Waals surface area contributed by atoms with E-state index >= 15 is 0 Å². The molecule has 2 N–H and O–H groups in total. The van der Waals surface area contributed by atoms with Gasteiger partial charge in [-0.1, -0.05) is 57.2 Å². The lowest BCUT2D eigenvalue weighted by Crippen LogP contribution is -2.35. The minimum atomic E-state index is -0.887. The lowest BCUT2D eigenvalue weighted by molar-refractivity contribution is -0.143. The van der Waals surface area contributed by atoms with Gasteiger partial charge in [-0.15, -0.1) is 0 Å². The number of carboxylic acid groups (broad SMARTS) is 1. The number of fused-ring (bicyclic) bond motifs is 1. The number of aliphatic carboxylic acids is 1. The number of amides is 1. The van der Waals surface area contributed by atoms with Crippen LogP contribution in [0.2, 0.25) is 0 Å². The Morgan fingerprint density at radius 1 is 0.952 bits per heavy atom. The van der Waals surface area contributed by atoms with Gasteiger partial charge in [0, 0.05) is 43.5 Å². The average molecular weight is 572 g/mol. The van der Waals surface area contributed by atoms with E-state index in [0.717, 1.165) is 59.4 Å². The molecular formula is C34H41N3O5. The largest absolute Gasteiger partial charge is 0.481 e. The molecule has 0 radical (unpaired) electrons. The Kier molecular flexibility index (Phi) is 9.02. The van der Waals surface area contributed by atoms with Crippen molar-refractivity contribution >= 4 is 23.3 Å². The Morgan fingerprint density at radius 3 is 2.26 bits per heavy atom. The zero-order valence-corrected chi connectivity index (χ0v) is 24.9. The van der Waals surface area contributed by atoms with E-state index in [0.29, 0.717) is 18.0 Å². The molecule has 2 heterocycles. The first-order chi connectivity index (χ1) is 20.3. The lowest BCUT2D eigenvalue weighted by atomic mass is 9.82. The number of para-hydroxylation sites is 1. The number of carboxylic acids is 1. The first-order valence-electron chi connectivity index (χ1n) is 14.9. The highest BCUT2D eigenvalue weighted by Crippen LogP contribution is 2.47. The van der Waals surface area contributed by atoms with Crippen LogP contribution in [0.5, 0.6) is 11.5 Å². The van der Waals surface area contributed by atoms with Crippen molar-refractivity contribution in [3.8, 4) is 11.5 Å². The molecule has 1 amide bonds. The van der Waals surface area contributed by atoms with Crippen LogP contribution in [0, 0.1) is 5.92 Å². The van der Waals surface area contributed by atoms with Crippen molar-refractivity contribution in [2.75, 3.05) is 43.7 Å². The summed E-state index contributed by atoms with van der Waals surface area (Å²) in [5.74, 6) is -0.855. The maximum absolute atomic E-state index is 13.6. The molecule has 1 saturated heterocycles. The zero-order valence-electron chi connectivity index (χ0n) is 24.9. The van der Waals surface area contributed by atoms with Crippen molar-refractivity contribution < 1.29 is 24.2 Å². The summed E-state index contributed by atoms with van der Waals surface area (Å²) in [6.07, 6.45) is 2.65. The van der Waals surface area contributed by atoms with Gasteiger partial charge < -0.3 is 24.8 Å². The SMILES string of the molecule is CCCN(C)c1ccc([C@H]2C(C(=O)O)[C@@H](c3ccc4c(c3)OCO4)CN2CC(=O)Nc2c(CC)cccc2CC)cc1. The predicted octanol–water partition coefficient (Wildman–Crippen LogP) is 5.87. The highest BCUT2D eigenvalue weighted by atomic mass is 16.7. The highest BCUT2D eigenvalue weighted by Gasteiger charge is 2.48. The summed E-state index contributed by atoms with van der Waals surface area (Å²) in [6, 6.07) is 19.4. The van der Waals surface area contributed by atoms with Crippen LogP contribution in [0.3, 0.4) is 0 Å². The Bertz CT molecular complexity index is 1400. The van der Waals surface area contributed by atoms with Crippen molar-refractivity contribution in [1.29, 1.82) is 0 Å². The average Bonchev–Trinajstić information content (AvgIpc) is 3.62. The first-order valence-corrected chi connectivity index (χ1v) is 14.9. The summed E-state index contributed by atoms with van der Waals surface area (Å²) >= 11 is 0. The van der Waals surface area contributed by atoms with Gasteiger partial charge in [-0.3, -0.25) is 14.5 Å². The van der Waals surface area contributed by atoms with Crippen molar-refractivity contribution in [1.82, 2.24) is 4.90 Å². The number of rotatable bonds is 11. The molecule has 3 aromatic rings. The van der Waals surface area contributed by atoms with Gasteiger partial charge >= 0.3 is 5.97 Å². The fraction of sp³-hybridized carbons (Fsp3) is 0.412. The Balaban J connectivity index is 1.48. The van der Waals surface area contributed by atoms with Crippen molar-refractivity contribution in [3.63, 3.8) is 0 Å². The normalized spacial score (nSPS) is 19.6. The van der Waals surface area contributed by atoms with Crippen LogP contribution < -0.4 is 19.7 Å². The molecule has 1 unspecified atom stereocenters. The van der Waals surface area contributed by atoms with E-state index in [1.807, 2.05) is 65.6 Å². The van der Waals surface area contributed by atoms with E-state index in [1.54, 1.807) is 0 Å². The number of benzene rings is 3. The number of carbonyl (C=O) groups is 2. The number of ether oxygens (including phenoxy) is 2. The maximum atomic E-state index is 13.6. The van der Waals surface area contributed by atoms with Crippen molar-refractivity contribution in [2.45, 2.75) is 52.0 Å². The molecule has 2 aliphatic heterocycles. The van der Waals surface area contributed by atoms with Crippen LogP contribution in [-0.2, 0) is 22.4 Å². The first kappa shape index (κ1) is 29.5. The summed E-state index contributed by atoms with van der Waals surface area (Å²) in [5, 5.41) is 13.8. The number of aryl methyl sites for hydroxylation is 2. The molecule has 42 heavy (non-hydrogen) atoms. The van der Waals surface area contributed by atoms with E-state index in [2.05, 4.69) is 38.0 Å². The molecule has 0 aliphatic carbocycles. The standard InChI is InChI=1S/C34H41N3O5/c1-5-17-36(4)26-14-11-24(12-15-26)33-31(34(39)40)27(25-13-16-28-29(18-25)42-21-41-28)19-37(33)20-30(38)35-32-22(6-2)9-8-10-23(32)7-3/h8-16,18,27,31,33H,5-7,17,19-21H2,1-4H3,(H,35,38)(H,39,40)/t27-,31?,33+/m1/s1. The van der Waals surface area contributed by atoms with Crippen molar-refractivity contribution in [2.24, 2.45) is 5.92 Å². The summed E-state index contributed by atoms with van der Waals surface area (Å²) in [5.41, 5.74) is 5.88. The second-order valence-corrected chi connectivity index (χ2v) is 11.2. The van der Waals surface area contributed by atoms with Gasteiger partial charge in [0.05, 0.1) is 12.5 Å². The molecule has 0 saturated carbocycles. The number of carbonyl (C=O) groups excluding carboxylic acids is 1. The van der Waals surface area contributed by atoms with E-state index < -0.39 is 17.9 Å². The Morgan fingerprint density at radius 2 is 1.62 bits per heavy atom. The number of nitrogens with one attached hydrogen (secondary N) is 1. The van der Waals surface area contributed by atoms with Gasteiger partial charge in [-0.25, -0.2) is 0 Å². The van der Waals surface area contributed by atoms with Crippen LogP contribution in [0.15, 0.2) is 60.7 Å². The van der Waals surface area contributed by atoms with Gasteiger partial charge in [0.15, 0.2) is 11.5 Å². The highest BCUT2D eigenvalue weighted by molar-refractivity contribution is 5.94. The zero-order chi connectivity index (χ0) is 29.8. The predicted molar refractivity (Wildman–Crippen MR) is 165 cm³/mol. The molecular weight excluding hydrogens is 530 g/mol. The van der Waals surface area contributed by atoms with E-state index in [9.17, 15) is 14.7 Å². The number of nitrogens with zero attached hydrogens (tertiary/aromatic N) is 2. The van der Waals surface area contributed by atoms with E-state index in [1.165, 1.54) is 0 Å². The molecule has 3 atom stereocenters. The topological polar surface area (TPSA) is 91.3 Å². The number of anilines is 2. The quantitative estimate of drug-likeness (QED) is 0.298. The number of hydrogen-bond donors (Lipinski definition) is 2. The molecule has 8 heteroatoms. The van der Waals surface area contributed by atoms with Crippen LogP contribution in [0.1, 0.15) is 61.4 Å². The summed E-state index contributed by atoms with van der Waals surface area (Å²) < 4.78 is 11.1. The van der Waals surface area contributed by atoms with Gasteiger partial charge in [0.1, 0.15) is 0 Å². The minimum Gasteiger partial charge on any atom is -0.481 e. The fourth-order valence-corrected chi connectivity index (χ4v) is 6.43. The molecule has 8 nitrogen and oxygen atoms in total. The van der Waals surface area contributed by atoms with Gasteiger partial charge in [-0.2, -0.15) is 0 Å². The molecule has 222 valence electrons. The lowest BCUT2D eigenvalue weighted by Gasteiger charge is -2.28. The van der Waals surface area contributed by atoms with E-state index in [4.69, 9.17) is 9.47 Å². The third-order valence-electron chi connectivity index (χ3n) is 8.55. The van der Waals surface area contributed by atoms with Gasteiger partial charge in [-0.05, 0) is 65.8 Å². The third kappa shape index (κ3) is 5.95. The van der Waals surface area contributed by atoms with Crippen molar-refractivity contribution in [3.05, 3.63) is 82.9 Å². The number of hydrogen-bond acceptors (Lipinski definition) is 6. The fourth-order valence-electron chi connectivity index (χ4n) is 6.43. The van der Waals surface area contributed by atoms with E-state index in [-0.39, 0.29) is 25.2 Å². The summed E-state index contributed by atoms with van der Waals surface area (Å²) in [6.45, 7) is 7.88. The molecule has 3 aromatic carbocycles. The van der Waals surface area contributed by atoms with Crippen LogP contribution in [0.4, 0.5) is 11.4 Å². The Hall–Kier alpha value is -4.04.